The summed E-state index contributed by atoms with van der Waals surface area (Å²) in [5, 5.41) is 11.6. The van der Waals surface area contributed by atoms with E-state index in [-0.39, 0.29) is 24.2 Å². The van der Waals surface area contributed by atoms with Gasteiger partial charge in [-0.1, -0.05) is 12.1 Å². The fourth-order valence-corrected chi connectivity index (χ4v) is 3.67. The summed E-state index contributed by atoms with van der Waals surface area (Å²) in [5.74, 6) is 0.494. The molecule has 0 spiro atoms. The Bertz CT molecular complexity index is 627. The number of thioether (sulfide) groups is 1. The lowest BCUT2D eigenvalue weighted by Crippen LogP contribution is -2.40. The van der Waals surface area contributed by atoms with E-state index in [1.165, 1.54) is 0 Å². The van der Waals surface area contributed by atoms with Gasteiger partial charge >= 0.3 is 5.97 Å². The van der Waals surface area contributed by atoms with Crippen molar-refractivity contribution in [3.8, 4) is 0 Å². The number of piperidine rings is 1. The Morgan fingerprint density at radius 3 is 2.64 bits per heavy atom. The third-order valence-electron chi connectivity index (χ3n) is 4.23. The minimum absolute atomic E-state index is 0.00103. The molecule has 0 bridgehead atoms. The molecule has 2 amide bonds. The van der Waals surface area contributed by atoms with E-state index in [2.05, 4.69) is 5.32 Å². The lowest BCUT2D eigenvalue weighted by Gasteiger charge is -2.30. The summed E-state index contributed by atoms with van der Waals surface area (Å²) >= 11 is 1.56. The number of carbonyl (C=O) groups is 3. The molecule has 0 atom stereocenters. The van der Waals surface area contributed by atoms with Crippen molar-refractivity contribution >= 4 is 35.2 Å². The number of hydrogen-bond acceptors (Lipinski definition) is 4. The number of likely N-dealkylation sites (tertiary alicyclic amines) is 1. The first-order valence-electron chi connectivity index (χ1n) is 8.40. The fraction of sp³-hybridized carbons (Fsp3) is 0.500. The molecule has 1 aromatic carbocycles. The maximum Gasteiger partial charge on any atom is 0.304 e. The molecule has 2 rings (SSSR count). The van der Waals surface area contributed by atoms with Crippen LogP contribution in [0.2, 0.25) is 0 Å². The standard InChI is InChI=1S/C18H24N2O4S/c1-13(21)20-8-5-15(6-9-20)18(24)19-16-4-2-3-14(11-16)12-25-10-7-17(22)23/h2-4,11,15H,5-10,12H2,1H3,(H,19,24)(H,22,23). The van der Waals surface area contributed by atoms with Gasteiger partial charge in [0.2, 0.25) is 11.8 Å². The van der Waals surface area contributed by atoms with Crippen LogP contribution >= 0.6 is 11.8 Å². The molecule has 1 heterocycles. The maximum atomic E-state index is 12.4. The quantitative estimate of drug-likeness (QED) is 0.726. The fourth-order valence-electron chi connectivity index (χ4n) is 2.79. The molecular formula is C18H24N2O4S. The molecule has 1 aliphatic rings. The predicted octanol–water partition coefficient (Wildman–Crippen LogP) is 2.59. The predicted molar refractivity (Wildman–Crippen MR) is 98.5 cm³/mol. The highest BCUT2D eigenvalue weighted by Crippen LogP contribution is 2.21. The van der Waals surface area contributed by atoms with Gasteiger partial charge in [0, 0.05) is 43.1 Å². The van der Waals surface area contributed by atoms with Gasteiger partial charge in [0.05, 0.1) is 6.42 Å². The number of carboxylic acid groups (broad SMARTS) is 1. The summed E-state index contributed by atoms with van der Waals surface area (Å²) in [6, 6.07) is 7.64. The van der Waals surface area contributed by atoms with Gasteiger partial charge in [0.25, 0.3) is 0 Å². The van der Waals surface area contributed by atoms with Crippen LogP contribution in [-0.2, 0) is 20.1 Å². The molecule has 25 heavy (non-hydrogen) atoms. The molecular weight excluding hydrogens is 340 g/mol. The van der Waals surface area contributed by atoms with Gasteiger partial charge in [-0.05, 0) is 30.5 Å². The van der Waals surface area contributed by atoms with Gasteiger partial charge in [-0.15, -0.1) is 0 Å². The Kier molecular flexibility index (Phi) is 7.31. The maximum absolute atomic E-state index is 12.4. The number of nitrogens with one attached hydrogen (secondary N) is 1. The van der Waals surface area contributed by atoms with Crippen LogP contribution < -0.4 is 5.32 Å². The monoisotopic (exact) mass is 364 g/mol. The zero-order chi connectivity index (χ0) is 18.2. The number of amides is 2. The van der Waals surface area contributed by atoms with Crippen molar-refractivity contribution in [2.75, 3.05) is 24.2 Å². The van der Waals surface area contributed by atoms with Crippen molar-refractivity contribution < 1.29 is 19.5 Å². The average Bonchev–Trinajstić information content (AvgIpc) is 2.59. The molecule has 0 aromatic heterocycles. The number of carbonyl (C=O) groups excluding carboxylic acids is 2. The van der Waals surface area contributed by atoms with Crippen LogP contribution in [0.25, 0.3) is 0 Å². The molecule has 1 aromatic rings. The van der Waals surface area contributed by atoms with Crippen LogP contribution in [0, 0.1) is 5.92 Å². The number of benzene rings is 1. The topological polar surface area (TPSA) is 86.7 Å². The molecule has 1 fully saturated rings. The van der Waals surface area contributed by atoms with Gasteiger partial charge in [0.15, 0.2) is 0 Å². The highest BCUT2D eigenvalue weighted by molar-refractivity contribution is 7.98. The Morgan fingerprint density at radius 1 is 1.28 bits per heavy atom. The number of rotatable bonds is 7. The Balaban J connectivity index is 1.81. The summed E-state index contributed by atoms with van der Waals surface area (Å²) in [6.07, 6.45) is 1.53. The average molecular weight is 364 g/mol. The van der Waals surface area contributed by atoms with E-state index in [4.69, 9.17) is 5.11 Å². The van der Waals surface area contributed by atoms with Gasteiger partial charge in [-0.25, -0.2) is 0 Å². The van der Waals surface area contributed by atoms with E-state index in [0.29, 0.717) is 37.4 Å². The van der Waals surface area contributed by atoms with Crippen molar-refractivity contribution in [1.82, 2.24) is 4.90 Å². The third kappa shape index (κ3) is 6.42. The van der Waals surface area contributed by atoms with Gasteiger partial charge in [-0.3, -0.25) is 14.4 Å². The molecule has 0 unspecified atom stereocenters. The number of carboxylic acids is 1. The summed E-state index contributed by atoms with van der Waals surface area (Å²) in [4.78, 5) is 36.0. The minimum atomic E-state index is -0.788. The van der Waals surface area contributed by atoms with Crippen molar-refractivity contribution in [1.29, 1.82) is 0 Å². The van der Waals surface area contributed by atoms with Crippen LogP contribution in [0.5, 0.6) is 0 Å². The van der Waals surface area contributed by atoms with E-state index in [1.54, 1.807) is 23.6 Å². The summed E-state index contributed by atoms with van der Waals surface area (Å²) in [6.45, 7) is 2.82. The van der Waals surface area contributed by atoms with E-state index in [0.717, 1.165) is 11.3 Å². The zero-order valence-electron chi connectivity index (χ0n) is 14.4. The van der Waals surface area contributed by atoms with Gasteiger partial charge < -0.3 is 15.3 Å². The number of hydrogen-bond donors (Lipinski definition) is 2. The lowest BCUT2D eigenvalue weighted by molar-refractivity contribution is -0.136. The molecule has 2 N–H and O–H groups in total. The summed E-state index contributed by atoms with van der Waals surface area (Å²) in [7, 11) is 0. The molecule has 0 radical (unpaired) electrons. The molecule has 1 saturated heterocycles. The second-order valence-electron chi connectivity index (χ2n) is 6.17. The van der Waals surface area contributed by atoms with Gasteiger partial charge in [0.1, 0.15) is 0 Å². The molecule has 0 saturated carbocycles. The van der Waals surface area contributed by atoms with E-state index >= 15 is 0 Å². The largest absolute Gasteiger partial charge is 0.481 e. The second-order valence-corrected chi connectivity index (χ2v) is 7.27. The van der Waals surface area contributed by atoms with Crippen LogP contribution in [0.4, 0.5) is 5.69 Å². The lowest BCUT2D eigenvalue weighted by atomic mass is 9.96. The molecule has 0 aliphatic carbocycles. The Labute approximate surface area is 152 Å². The third-order valence-corrected chi connectivity index (χ3v) is 5.26. The molecule has 1 aliphatic heterocycles. The van der Waals surface area contributed by atoms with Crippen molar-refractivity contribution in [2.24, 2.45) is 5.92 Å². The van der Waals surface area contributed by atoms with E-state index in [1.807, 2.05) is 24.3 Å². The minimum Gasteiger partial charge on any atom is -0.481 e. The second kappa shape index (κ2) is 9.46. The first-order valence-corrected chi connectivity index (χ1v) is 9.56. The van der Waals surface area contributed by atoms with Gasteiger partial charge in [-0.2, -0.15) is 11.8 Å². The van der Waals surface area contributed by atoms with Crippen molar-refractivity contribution in [3.63, 3.8) is 0 Å². The zero-order valence-corrected chi connectivity index (χ0v) is 15.2. The highest BCUT2D eigenvalue weighted by atomic mass is 32.2. The summed E-state index contributed by atoms with van der Waals surface area (Å²) in [5.41, 5.74) is 1.81. The van der Waals surface area contributed by atoms with Crippen LogP contribution in [0.15, 0.2) is 24.3 Å². The number of nitrogens with zero attached hydrogens (tertiary/aromatic N) is 1. The molecule has 7 heteroatoms. The Morgan fingerprint density at radius 2 is 2.00 bits per heavy atom. The van der Waals surface area contributed by atoms with E-state index < -0.39 is 5.97 Å². The highest BCUT2D eigenvalue weighted by Gasteiger charge is 2.25. The first kappa shape index (κ1) is 19.3. The van der Waals surface area contributed by atoms with Crippen molar-refractivity contribution in [2.45, 2.75) is 31.9 Å². The van der Waals surface area contributed by atoms with Crippen LogP contribution in [0.1, 0.15) is 31.7 Å². The van der Waals surface area contributed by atoms with Crippen LogP contribution in [-0.4, -0.2) is 46.6 Å². The molecule has 136 valence electrons. The van der Waals surface area contributed by atoms with E-state index in [9.17, 15) is 14.4 Å². The SMILES string of the molecule is CC(=O)N1CCC(C(=O)Nc2cccc(CSCCC(=O)O)c2)CC1. The van der Waals surface area contributed by atoms with Crippen LogP contribution in [0.3, 0.4) is 0 Å². The number of anilines is 1. The summed E-state index contributed by atoms with van der Waals surface area (Å²) < 4.78 is 0. The first-order chi connectivity index (χ1) is 12.0. The Hall–Kier alpha value is -2.02. The molecule has 6 nitrogen and oxygen atoms in total. The number of aliphatic carboxylic acids is 1. The van der Waals surface area contributed by atoms with Crippen molar-refractivity contribution in [3.05, 3.63) is 29.8 Å². The normalized spacial score (nSPS) is 15.0. The smallest absolute Gasteiger partial charge is 0.304 e.